The Morgan fingerprint density at radius 1 is 1.18 bits per heavy atom. The number of thiazole rings is 1. The number of hydrogen-bond acceptors (Lipinski definition) is 6. The van der Waals surface area contributed by atoms with Crippen LogP contribution < -0.4 is 0 Å². The number of halogens is 1. The smallest absolute Gasteiger partial charge is 0.359 e. The van der Waals surface area contributed by atoms with Gasteiger partial charge in [0.05, 0.1) is 28.1 Å². The highest BCUT2D eigenvalue weighted by Gasteiger charge is 2.26. The average molecular weight is 412 g/mol. The summed E-state index contributed by atoms with van der Waals surface area (Å²) in [5.41, 5.74) is 1.45. The normalized spacial score (nSPS) is 10.9. The van der Waals surface area contributed by atoms with E-state index in [0.29, 0.717) is 10.7 Å². The van der Waals surface area contributed by atoms with Crippen LogP contribution in [0.4, 0.5) is 0 Å². The van der Waals surface area contributed by atoms with E-state index in [2.05, 4.69) is 10.1 Å². The van der Waals surface area contributed by atoms with E-state index in [4.69, 9.17) is 16.3 Å². The summed E-state index contributed by atoms with van der Waals surface area (Å²) < 4.78 is 7.41. The van der Waals surface area contributed by atoms with Crippen LogP contribution in [0.1, 0.15) is 32.8 Å². The second-order valence-corrected chi connectivity index (χ2v) is 7.32. The number of aromatic nitrogens is 3. The van der Waals surface area contributed by atoms with Crippen LogP contribution in [0, 0.1) is 0 Å². The van der Waals surface area contributed by atoms with Gasteiger partial charge >= 0.3 is 5.97 Å². The van der Waals surface area contributed by atoms with Gasteiger partial charge in [0.25, 0.3) is 0 Å². The maximum Gasteiger partial charge on any atom is 0.359 e. The van der Waals surface area contributed by atoms with Gasteiger partial charge in [-0.05, 0) is 37.3 Å². The predicted molar refractivity (Wildman–Crippen MR) is 108 cm³/mol. The number of para-hydroxylation sites is 1. The summed E-state index contributed by atoms with van der Waals surface area (Å²) in [6.45, 7) is 1.87. The molecule has 6 nitrogen and oxygen atoms in total. The lowest BCUT2D eigenvalue weighted by Gasteiger charge is -2.01. The molecule has 0 bridgehead atoms. The molecule has 0 radical (unpaired) electrons. The number of benzene rings is 2. The van der Waals surface area contributed by atoms with Crippen LogP contribution in [0.15, 0.2) is 54.7 Å². The van der Waals surface area contributed by atoms with E-state index in [1.165, 1.54) is 22.2 Å². The van der Waals surface area contributed by atoms with E-state index in [0.717, 1.165) is 10.2 Å². The summed E-state index contributed by atoms with van der Waals surface area (Å²) in [5.74, 6) is -1.04. The molecule has 0 spiro atoms. The third-order valence-corrected chi connectivity index (χ3v) is 5.26. The van der Waals surface area contributed by atoms with Crippen LogP contribution in [0.25, 0.3) is 15.9 Å². The van der Waals surface area contributed by atoms with Gasteiger partial charge in [-0.3, -0.25) is 4.79 Å². The van der Waals surface area contributed by atoms with Gasteiger partial charge in [-0.15, -0.1) is 11.3 Å². The van der Waals surface area contributed by atoms with Crippen molar-refractivity contribution in [2.45, 2.75) is 6.92 Å². The second kappa shape index (κ2) is 7.53. The van der Waals surface area contributed by atoms with E-state index in [1.807, 2.05) is 24.3 Å². The first kappa shape index (κ1) is 18.3. The van der Waals surface area contributed by atoms with Crippen LogP contribution in [0.2, 0.25) is 5.02 Å². The van der Waals surface area contributed by atoms with E-state index in [1.54, 1.807) is 31.2 Å². The fraction of sp³-hybridized carbons (Fsp3) is 0.100. The molecule has 4 aromatic rings. The first-order chi connectivity index (χ1) is 13.6. The molecule has 4 rings (SSSR count). The molecule has 0 amide bonds. The van der Waals surface area contributed by atoms with Gasteiger partial charge in [-0.25, -0.2) is 14.5 Å². The zero-order valence-corrected chi connectivity index (χ0v) is 16.3. The Kier molecular flexibility index (Phi) is 4.93. The number of ketones is 1. The molecule has 0 saturated heterocycles. The number of fused-ring (bicyclic) bond motifs is 1. The number of carbonyl (C=O) groups is 2. The van der Waals surface area contributed by atoms with Gasteiger partial charge < -0.3 is 4.74 Å². The van der Waals surface area contributed by atoms with Crippen molar-refractivity contribution >= 4 is 44.9 Å². The van der Waals surface area contributed by atoms with E-state index >= 15 is 0 Å². The molecular weight excluding hydrogens is 398 g/mol. The molecule has 2 heterocycles. The van der Waals surface area contributed by atoms with Crippen LogP contribution in [-0.2, 0) is 4.74 Å². The fourth-order valence-electron chi connectivity index (χ4n) is 2.73. The Morgan fingerprint density at radius 3 is 2.75 bits per heavy atom. The number of hydrogen-bond donors (Lipinski definition) is 0. The first-order valence-electron chi connectivity index (χ1n) is 8.50. The van der Waals surface area contributed by atoms with E-state index in [-0.39, 0.29) is 28.7 Å². The maximum absolute atomic E-state index is 13.1. The lowest BCUT2D eigenvalue weighted by Crippen LogP contribution is -2.12. The lowest BCUT2D eigenvalue weighted by molar-refractivity contribution is 0.0516. The highest BCUT2D eigenvalue weighted by atomic mass is 35.5. The zero-order valence-electron chi connectivity index (χ0n) is 14.8. The van der Waals surface area contributed by atoms with Crippen molar-refractivity contribution in [2.75, 3.05) is 6.61 Å². The molecule has 0 N–H and O–H groups in total. The molecule has 2 aromatic carbocycles. The summed E-state index contributed by atoms with van der Waals surface area (Å²) in [6.07, 6.45) is 1.51. The Labute approximate surface area is 169 Å². The molecule has 140 valence electrons. The molecule has 0 atom stereocenters. The molecular formula is C20H14ClN3O3S. The summed E-state index contributed by atoms with van der Waals surface area (Å²) in [7, 11) is 0. The average Bonchev–Trinajstić information content (AvgIpc) is 3.32. The van der Waals surface area contributed by atoms with Gasteiger partial charge in [0.2, 0.25) is 5.78 Å². The molecule has 0 aliphatic carbocycles. The number of carbonyl (C=O) groups excluding carboxylic acids is 2. The summed E-state index contributed by atoms with van der Waals surface area (Å²) in [5, 5.41) is 5.09. The van der Waals surface area contributed by atoms with Gasteiger partial charge in [0, 0.05) is 11.2 Å². The number of rotatable bonds is 5. The Bertz CT molecular complexity index is 1170. The molecule has 8 heteroatoms. The van der Waals surface area contributed by atoms with Crippen molar-refractivity contribution in [1.29, 1.82) is 0 Å². The summed E-state index contributed by atoms with van der Waals surface area (Å²) in [6, 6.07) is 14.4. The molecule has 28 heavy (non-hydrogen) atoms. The van der Waals surface area contributed by atoms with Crippen molar-refractivity contribution < 1.29 is 14.3 Å². The SMILES string of the molecule is CCOC(=O)c1nn(-c2cccc(Cl)c2)cc1C(=O)c1nc2ccccc2s1. The van der Waals surface area contributed by atoms with Crippen LogP contribution in [-0.4, -0.2) is 33.1 Å². The molecule has 0 fully saturated rings. The van der Waals surface area contributed by atoms with Gasteiger partial charge in [-0.2, -0.15) is 5.10 Å². The third-order valence-electron chi connectivity index (χ3n) is 3.99. The van der Waals surface area contributed by atoms with Crippen LogP contribution in [0.3, 0.4) is 0 Å². The largest absolute Gasteiger partial charge is 0.461 e. The predicted octanol–water partition coefficient (Wildman–Crippen LogP) is 4.54. The minimum absolute atomic E-state index is 0.0499. The standard InChI is InChI=1S/C20H14ClN3O3S/c1-2-27-20(26)17-14(11-24(23-17)13-7-5-6-12(21)10-13)18(25)19-22-15-8-3-4-9-16(15)28-19/h3-11H,2H2,1H3. The Balaban J connectivity index is 1.81. The quantitative estimate of drug-likeness (QED) is 0.356. The highest BCUT2D eigenvalue weighted by Crippen LogP contribution is 2.25. The zero-order chi connectivity index (χ0) is 19.7. The minimum Gasteiger partial charge on any atom is -0.461 e. The molecule has 0 aliphatic rings. The van der Waals surface area contributed by atoms with Gasteiger partial charge in [-0.1, -0.05) is 29.8 Å². The molecule has 0 saturated carbocycles. The molecule has 2 aromatic heterocycles. The number of ether oxygens (including phenoxy) is 1. The van der Waals surface area contributed by atoms with Crippen molar-refractivity contribution in [2.24, 2.45) is 0 Å². The van der Waals surface area contributed by atoms with Crippen LogP contribution >= 0.6 is 22.9 Å². The van der Waals surface area contributed by atoms with Crippen molar-refractivity contribution in [1.82, 2.24) is 14.8 Å². The summed E-state index contributed by atoms with van der Waals surface area (Å²) >= 11 is 7.32. The van der Waals surface area contributed by atoms with E-state index < -0.39 is 5.97 Å². The van der Waals surface area contributed by atoms with Crippen LogP contribution in [0.5, 0.6) is 0 Å². The Hall–Kier alpha value is -3.03. The maximum atomic E-state index is 13.1. The third kappa shape index (κ3) is 3.42. The van der Waals surface area contributed by atoms with Crippen molar-refractivity contribution in [3.63, 3.8) is 0 Å². The topological polar surface area (TPSA) is 74.1 Å². The minimum atomic E-state index is -0.660. The highest BCUT2D eigenvalue weighted by molar-refractivity contribution is 7.20. The van der Waals surface area contributed by atoms with Crippen molar-refractivity contribution in [3.05, 3.63) is 76.0 Å². The number of nitrogens with zero attached hydrogens (tertiary/aromatic N) is 3. The summed E-state index contributed by atoms with van der Waals surface area (Å²) in [4.78, 5) is 29.9. The molecule has 0 unspecified atom stereocenters. The Morgan fingerprint density at radius 2 is 2.00 bits per heavy atom. The van der Waals surface area contributed by atoms with Gasteiger partial charge in [0.15, 0.2) is 10.7 Å². The monoisotopic (exact) mass is 411 g/mol. The van der Waals surface area contributed by atoms with Gasteiger partial charge in [0.1, 0.15) is 0 Å². The van der Waals surface area contributed by atoms with Crippen molar-refractivity contribution in [3.8, 4) is 5.69 Å². The lowest BCUT2D eigenvalue weighted by atomic mass is 10.1. The van der Waals surface area contributed by atoms with E-state index in [9.17, 15) is 9.59 Å². The molecule has 0 aliphatic heterocycles. The number of esters is 1. The fourth-order valence-corrected chi connectivity index (χ4v) is 3.83. The first-order valence-corrected chi connectivity index (χ1v) is 9.69. The second-order valence-electron chi connectivity index (χ2n) is 5.85.